The summed E-state index contributed by atoms with van der Waals surface area (Å²) in [4.78, 5) is 22.6. The van der Waals surface area contributed by atoms with Crippen LogP contribution in [-0.4, -0.2) is 27.6 Å². The van der Waals surface area contributed by atoms with Crippen molar-refractivity contribution in [3.63, 3.8) is 0 Å². The van der Waals surface area contributed by atoms with Gasteiger partial charge < -0.3 is 9.42 Å². The largest absolute Gasteiger partial charge is 0.339 e. The zero-order valence-corrected chi connectivity index (χ0v) is 13.3. The first-order valence-electron chi connectivity index (χ1n) is 7.51. The summed E-state index contributed by atoms with van der Waals surface area (Å²) in [7, 11) is 0. The summed E-state index contributed by atoms with van der Waals surface area (Å²) in [5.41, 5.74) is 1.42. The van der Waals surface area contributed by atoms with E-state index in [9.17, 15) is 4.79 Å². The molecule has 1 aliphatic heterocycles. The van der Waals surface area contributed by atoms with E-state index in [0.29, 0.717) is 35.4 Å². The van der Waals surface area contributed by atoms with Crippen LogP contribution < -0.4 is 4.90 Å². The highest BCUT2D eigenvalue weighted by Gasteiger charge is 2.35. The molecule has 0 unspecified atom stereocenters. The Balaban J connectivity index is 1.56. The van der Waals surface area contributed by atoms with Crippen LogP contribution in [0, 0.1) is 0 Å². The third kappa shape index (κ3) is 2.76. The minimum absolute atomic E-state index is 0.0138. The molecule has 1 atom stereocenters. The number of rotatable bonds is 3. The van der Waals surface area contributed by atoms with E-state index in [4.69, 9.17) is 16.1 Å². The molecule has 1 fully saturated rings. The maximum absolute atomic E-state index is 12.3. The number of amides is 1. The first kappa shape index (κ1) is 14.8. The average Bonchev–Trinajstić information content (AvgIpc) is 3.22. The SMILES string of the molecule is O=C1C[C@H](c2nc(-c3ccccn3)no2)CN1c1cccc(Cl)c1. The predicted octanol–water partition coefficient (Wildman–Crippen LogP) is 3.31. The number of carbonyl (C=O) groups excluding carboxylic acids is 1. The van der Waals surface area contributed by atoms with Crippen LogP contribution in [0.15, 0.2) is 53.2 Å². The summed E-state index contributed by atoms with van der Waals surface area (Å²) in [6, 6.07) is 12.7. The first-order chi connectivity index (χ1) is 11.7. The normalized spacial score (nSPS) is 17.5. The molecule has 7 heteroatoms. The van der Waals surface area contributed by atoms with Crippen LogP contribution >= 0.6 is 11.6 Å². The molecular weight excluding hydrogens is 328 g/mol. The van der Waals surface area contributed by atoms with Crippen LogP contribution in [0.4, 0.5) is 5.69 Å². The van der Waals surface area contributed by atoms with Gasteiger partial charge in [0, 0.05) is 29.9 Å². The number of aromatic nitrogens is 3. The van der Waals surface area contributed by atoms with Crippen molar-refractivity contribution in [3.05, 3.63) is 59.6 Å². The van der Waals surface area contributed by atoms with Gasteiger partial charge in [-0.3, -0.25) is 9.78 Å². The second kappa shape index (κ2) is 6.05. The van der Waals surface area contributed by atoms with Crippen molar-refractivity contribution in [2.45, 2.75) is 12.3 Å². The maximum Gasteiger partial charge on any atom is 0.232 e. The Morgan fingerprint density at radius 2 is 2.12 bits per heavy atom. The Labute approximate surface area is 143 Å². The fourth-order valence-electron chi connectivity index (χ4n) is 2.77. The van der Waals surface area contributed by atoms with Gasteiger partial charge in [-0.2, -0.15) is 4.98 Å². The fourth-order valence-corrected chi connectivity index (χ4v) is 2.95. The fraction of sp³-hybridized carbons (Fsp3) is 0.176. The van der Waals surface area contributed by atoms with Crippen LogP contribution in [-0.2, 0) is 4.79 Å². The van der Waals surface area contributed by atoms with Gasteiger partial charge in [-0.25, -0.2) is 0 Å². The molecule has 0 bridgehead atoms. The second-order valence-corrected chi connectivity index (χ2v) is 5.99. The molecule has 0 aliphatic carbocycles. The smallest absolute Gasteiger partial charge is 0.232 e. The summed E-state index contributed by atoms with van der Waals surface area (Å²) in [6.45, 7) is 0.489. The first-order valence-corrected chi connectivity index (χ1v) is 7.89. The van der Waals surface area contributed by atoms with Gasteiger partial charge in [0.05, 0.1) is 5.92 Å². The van der Waals surface area contributed by atoms with Gasteiger partial charge >= 0.3 is 0 Å². The molecule has 0 radical (unpaired) electrons. The van der Waals surface area contributed by atoms with E-state index >= 15 is 0 Å². The monoisotopic (exact) mass is 340 g/mol. The molecule has 1 aromatic carbocycles. The minimum Gasteiger partial charge on any atom is -0.339 e. The molecule has 1 saturated heterocycles. The summed E-state index contributed by atoms with van der Waals surface area (Å²) in [5, 5.41) is 4.56. The van der Waals surface area contributed by atoms with Crippen molar-refractivity contribution in [3.8, 4) is 11.5 Å². The quantitative estimate of drug-likeness (QED) is 0.731. The van der Waals surface area contributed by atoms with E-state index in [1.54, 1.807) is 23.2 Å². The molecular formula is C17H13ClN4O2. The lowest BCUT2D eigenvalue weighted by Gasteiger charge is -2.16. The van der Waals surface area contributed by atoms with E-state index in [1.807, 2.05) is 30.3 Å². The highest BCUT2D eigenvalue weighted by Crippen LogP contribution is 2.32. The maximum atomic E-state index is 12.3. The lowest BCUT2D eigenvalue weighted by Crippen LogP contribution is -2.24. The van der Waals surface area contributed by atoms with Crippen molar-refractivity contribution in [2.24, 2.45) is 0 Å². The Kier molecular flexibility index (Phi) is 3.74. The molecule has 3 heterocycles. The number of nitrogens with zero attached hydrogens (tertiary/aromatic N) is 4. The van der Waals surface area contributed by atoms with E-state index < -0.39 is 0 Å². The summed E-state index contributed by atoms with van der Waals surface area (Å²) < 4.78 is 5.35. The standard InChI is InChI=1S/C17H13ClN4O2/c18-12-4-3-5-13(9-12)22-10-11(8-15(22)23)17-20-16(21-24-17)14-6-1-2-7-19-14/h1-7,9,11H,8,10H2/t11-/m0/s1. The van der Waals surface area contributed by atoms with Crippen LogP contribution in [0.1, 0.15) is 18.2 Å². The van der Waals surface area contributed by atoms with E-state index in [2.05, 4.69) is 15.1 Å². The summed E-state index contributed by atoms with van der Waals surface area (Å²) in [6.07, 6.45) is 2.00. The third-order valence-electron chi connectivity index (χ3n) is 3.93. The molecule has 3 aromatic rings. The number of anilines is 1. The van der Waals surface area contributed by atoms with E-state index in [1.165, 1.54) is 0 Å². The van der Waals surface area contributed by atoms with Crippen molar-refractivity contribution in [2.75, 3.05) is 11.4 Å². The van der Waals surface area contributed by atoms with Crippen LogP contribution in [0.2, 0.25) is 5.02 Å². The summed E-state index contributed by atoms with van der Waals surface area (Å²) in [5.74, 6) is 0.758. The Hall–Kier alpha value is -2.73. The van der Waals surface area contributed by atoms with Gasteiger partial charge in [-0.1, -0.05) is 28.9 Å². The molecule has 1 amide bonds. The van der Waals surface area contributed by atoms with Crippen molar-refractivity contribution in [1.82, 2.24) is 15.1 Å². The molecule has 120 valence electrons. The Morgan fingerprint density at radius 1 is 1.21 bits per heavy atom. The van der Waals surface area contributed by atoms with Crippen LogP contribution in [0.25, 0.3) is 11.5 Å². The van der Waals surface area contributed by atoms with Crippen LogP contribution in [0.5, 0.6) is 0 Å². The zero-order valence-electron chi connectivity index (χ0n) is 12.6. The van der Waals surface area contributed by atoms with Crippen molar-refractivity contribution >= 4 is 23.2 Å². The number of halogens is 1. The molecule has 0 saturated carbocycles. The van der Waals surface area contributed by atoms with Gasteiger partial charge in [-0.15, -0.1) is 0 Å². The minimum atomic E-state index is -0.138. The van der Waals surface area contributed by atoms with E-state index in [0.717, 1.165) is 5.69 Å². The number of benzene rings is 1. The molecule has 6 nitrogen and oxygen atoms in total. The lowest BCUT2D eigenvalue weighted by atomic mass is 10.1. The van der Waals surface area contributed by atoms with Gasteiger partial charge in [-0.05, 0) is 30.3 Å². The Morgan fingerprint density at radius 3 is 2.92 bits per heavy atom. The zero-order chi connectivity index (χ0) is 16.5. The molecule has 0 spiro atoms. The molecule has 4 rings (SSSR count). The number of pyridine rings is 1. The molecule has 1 aliphatic rings. The molecule has 0 N–H and O–H groups in total. The third-order valence-corrected chi connectivity index (χ3v) is 4.16. The lowest BCUT2D eigenvalue weighted by molar-refractivity contribution is -0.117. The van der Waals surface area contributed by atoms with Crippen LogP contribution in [0.3, 0.4) is 0 Å². The van der Waals surface area contributed by atoms with Gasteiger partial charge in [0.25, 0.3) is 0 Å². The van der Waals surface area contributed by atoms with Gasteiger partial charge in [0.2, 0.25) is 17.6 Å². The topological polar surface area (TPSA) is 72.1 Å². The van der Waals surface area contributed by atoms with E-state index in [-0.39, 0.29) is 11.8 Å². The van der Waals surface area contributed by atoms with Gasteiger partial charge in [0.1, 0.15) is 5.69 Å². The average molecular weight is 341 g/mol. The summed E-state index contributed by atoms with van der Waals surface area (Å²) >= 11 is 6.01. The predicted molar refractivity (Wildman–Crippen MR) is 88.7 cm³/mol. The van der Waals surface area contributed by atoms with Crippen molar-refractivity contribution < 1.29 is 9.32 Å². The Bertz CT molecular complexity index is 881. The highest BCUT2D eigenvalue weighted by molar-refractivity contribution is 6.30. The molecule has 2 aromatic heterocycles. The second-order valence-electron chi connectivity index (χ2n) is 5.56. The van der Waals surface area contributed by atoms with Gasteiger partial charge in [0.15, 0.2) is 0 Å². The number of hydrogen-bond donors (Lipinski definition) is 0. The number of hydrogen-bond acceptors (Lipinski definition) is 5. The molecule has 24 heavy (non-hydrogen) atoms. The van der Waals surface area contributed by atoms with Crippen molar-refractivity contribution in [1.29, 1.82) is 0 Å². The number of carbonyl (C=O) groups is 1. The highest BCUT2D eigenvalue weighted by atomic mass is 35.5.